The van der Waals surface area contributed by atoms with Crippen LogP contribution < -0.4 is 0 Å². The monoisotopic (exact) mass is 226 g/mol. The van der Waals surface area contributed by atoms with Crippen molar-refractivity contribution in [2.45, 2.75) is 18.7 Å². The van der Waals surface area contributed by atoms with Crippen molar-refractivity contribution in [2.75, 3.05) is 0 Å². The fourth-order valence-electron chi connectivity index (χ4n) is 0. The second-order valence-electron chi connectivity index (χ2n) is 1.01. The molecule has 0 aromatic carbocycles. The van der Waals surface area contributed by atoms with Crippen LogP contribution in [0.3, 0.4) is 0 Å². The molecule has 0 rings (SSSR count). The molecule has 34 valence electrons. The van der Waals surface area contributed by atoms with Gasteiger partial charge in [-0.15, -0.1) is 24.0 Å². The van der Waals surface area contributed by atoms with Crippen molar-refractivity contribution in [3.63, 3.8) is 0 Å². The van der Waals surface area contributed by atoms with E-state index in [-0.39, 0.29) is 24.0 Å². The van der Waals surface area contributed by atoms with Gasteiger partial charge in [0.15, 0.2) is 0 Å². The number of hydrogen-bond acceptors (Lipinski definition) is 0. The summed E-state index contributed by atoms with van der Waals surface area (Å²) in [5.41, 5.74) is 0. The first kappa shape index (κ1) is 9.54. The van der Waals surface area contributed by atoms with E-state index in [4.69, 9.17) is 0 Å². The summed E-state index contributed by atoms with van der Waals surface area (Å²) in [5, 5.41) is 0. The fourth-order valence-corrected chi connectivity index (χ4v) is 0. The summed E-state index contributed by atoms with van der Waals surface area (Å²) >= 11 is 3.27. The van der Waals surface area contributed by atoms with E-state index in [0.29, 0.717) is 4.82 Å². The molecule has 0 aliphatic heterocycles. The van der Waals surface area contributed by atoms with Crippen LogP contribution in [0.25, 0.3) is 0 Å². The molecule has 0 heterocycles. The van der Waals surface area contributed by atoms with Crippen molar-refractivity contribution in [3.05, 3.63) is 0 Å². The van der Waals surface area contributed by atoms with E-state index in [9.17, 15) is 0 Å². The fraction of sp³-hybridized carbons (Fsp3) is 1.00. The Bertz CT molecular complexity index is 11.6. The predicted molar refractivity (Wildman–Crippen MR) is 30.5 cm³/mol. The molecule has 2 heteroatoms. The van der Waals surface area contributed by atoms with Crippen LogP contribution >= 0.6 is 24.0 Å². The topological polar surface area (TPSA) is 0 Å². The maximum absolute atomic E-state index is 3.27. The quantitative estimate of drug-likeness (QED) is 0.437. The zero-order chi connectivity index (χ0) is 3.58. The Balaban J connectivity index is 0. The minimum Gasteiger partial charge on any atom is -0.107 e. The minimum absolute atomic E-state index is 0. The molecule has 0 amide bonds. The van der Waals surface area contributed by atoms with Gasteiger partial charge in [-0.05, 0) is 0 Å². The second-order valence-corrected chi connectivity index (χ2v) is 2.38. The van der Waals surface area contributed by atoms with Gasteiger partial charge < -0.3 is 0 Å². The van der Waals surface area contributed by atoms with Gasteiger partial charge in [0.2, 0.25) is 0 Å². The molecule has 0 radical (unpaired) electrons. The van der Waals surface area contributed by atoms with Gasteiger partial charge in [0.05, 0.1) is 0 Å². The van der Waals surface area contributed by atoms with E-state index in [2.05, 4.69) is 29.9 Å². The average Bonchev–Trinajstić information content (AvgIpc) is 0.811. The molecule has 0 nitrogen and oxygen atoms in total. The molecule has 0 atom stereocenters. The van der Waals surface area contributed by atoms with Crippen LogP contribution in [0, 0.1) is 0 Å². The molecule has 0 unspecified atom stereocenters. The van der Waals surface area contributed by atoms with E-state index in [1.807, 2.05) is 0 Å². The molecule has 0 saturated carbocycles. The van der Waals surface area contributed by atoms with E-state index in [1.165, 1.54) is 0 Å². The molecule has 0 spiro atoms. The SMILES string of the molecule is C[CH](C)[Mn].I. The van der Waals surface area contributed by atoms with Crippen LogP contribution in [0.2, 0.25) is 4.82 Å². The number of halogens is 1. The molecule has 0 aromatic heterocycles. The van der Waals surface area contributed by atoms with Crippen molar-refractivity contribution < 1.29 is 16.0 Å². The smallest absolute Gasteiger partial charge is 0.107 e. The Labute approximate surface area is 58.5 Å². The largest absolute Gasteiger partial charge is 0.107 e. The Kier molecular flexibility index (Phi) is 10.0. The number of rotatable bonds is 0. The van der Waals surface area contributed by atoms with Crippen molar-refractivity contribution in [3.8, 4) is 0 Å². The molecule has 0 fully saturated rings. The molecule has 0 aliphatic rings. The molecule has 0 N–H and O–H groups in total. The van der Waals surface area contributed by atoms with Gasteiger partial charge in [-0.25, -0.2) is 0 Å². The Morgan fingerprint density at radius 1 is 1.40 bits per heavy atom. The first-order valence-electron chi connectivity index (χ1n) is 1.37. The van der Waals surface area contributed by atoms with Gasteiger partial charge in [-0.3, -0.25) is 0 Å². The molecular weight excluding hydrogens is 218 g/mol. The third-order valence-electron chi connectivity index (χ3n) is 0. The minimum atomic E-state index is 0. The summed E-state index contributed by atoms with van der Waals surface area (Å²) in [6, 6.07) is 0. The average molecular weight is 226 g/mol. The van der Waals surface area contributed by atoms with Crippen LogP contribution in [0.15, 0.2) is 0 Å². The van der Waals surface area contributed by atoms with E-state index in [1.54, 1.807) is 0 Å². The van der Waals surface area contributed by atoms with Gasteiger partial charge in [-0.1, -0.05) is 0 Å². The molecule has 5 heavy (non-hydrogen) atoms. The maximum Gasteiger partial charge on any atom is -0.107 e. The second kappa shape index (κ2) is 5.25. The van der Waals surface area contributed by atoms with Gasteiger partial charge in [0, 0.05) is 0 Å². The zero-order valence-corrected chi connectivity index (χ0v) is 6.87. The van der Waals surface area contributed by atoms with Gasteiger partial charge in [0.1, 0.15) is 0 Å². The Hall–Kier alpha value is 1.25. The van der Waals surface area contributed by atoms with Gasteiger partial charge >= 0.3 is 34.7 Å². The van der Waals surface area contributed by atoms with E-state index >= 15 is 0 Å². The van der Waals surface area contributed by atoms with Crippen LogP contribution in [-0.4, -0.2) is 0 Å². The van der Waals surface area contributed by atoms with E-state index < -0.39 is 0 Å². The standard InChI is InChI=1S/C3H7.HI.Mn/c1-3-2;;/h3H,1-2H3;1H;. The maximum atomic E-state index is 3.27. The molecule has 0 bridgehead atoms. The van der Waals surface area contributed by atoms with Crippen molar-refractivity contribution in [1.29, 1.82) is 0 Å². The first-order valence-corrected chi connectivity index (χ1v) is 2.05. The van der Waals surface area contributed by atoms with Crippen LogP contribution in [0.4, 0.5) is 0 Å². The molecule has 0 saturated heterocycles. The Morgan fingerprint density at radius 2 is 1.40 bits per heavy atom. The summed E-state index contributed by atoms with van der Waals surface area (Å²) < 4.78 is 0. The summed E-state index contributed by atoms with van der Waals surface area (Å²) in [5.74, 6) is 0. The summed E-state index contributed by atoms with van der Waals surface area (Å²) in [6.45, 7) is 4.17. The third-order valence-corrected chi connectivity index (χ3v) is 0. The molecular formula is C3H8IMn. The first-order chi connectivity index (χ1) is 1.73. The zero-order valence-electron chi connectivity index (χ0n) is 3.36. The van der Waals surface area contributed by atoms with Crippen LogP contribution in [0.5, 0.6) is 0 Å². The van der Waals surface area contributed by atoms with Gasteiger partial charge in [0.25, 0.3) is 0 Å². The number of hydrogen-bond donors (Lipinski definition) is 0. The van der Waals surface area contributed by atoms with Crippen LogP contribution in [0.1, 0.15) is 13.8 Å². The summed E-state index contributed by atoms with van der Waals surface area (Å²) in [7, 11) is 0. The summed E-state index contributed by atoms with van der Waals surface area (Å²) in [6.07, 6.45) is 0. The third kappa shape index (κ3) is 35.5. The van der Waals surface area contributed by atoms with Crippen LogP contribution in [-0.2, 0) is 16.0 Å². The molecule has 0 aromatic rings. The van der Waals surface area contributed by atoms with Crippen molar-refractivity contribution in [1.82, 2.24) is 0 Å². The summed E-state index contributed by atoms with van der Waals surface area (Å²) in [4.78, 5) is 0.646. The Morgan fingerprint density at radius 3 is 1.40 bits per heavy atom. The van der Waals surface area contributed by atoms with Crippen molar-refractivity contribution >= 4 is 24.0 Å². The van der Waals surface area contributed by atoms with Crippen molar-refractivity contribution in [2.24, 2.45) is 0 Å². The normalized spacial score (nSPS) is 7.20. The van der Waals surface area contributed by atoms with Gasteiger partial charge in [-0.2, -0.15) is 0 Å². The van der Waals surface area contributed by atoms with E-state index in [0.717, 1.165) is 0 Å². The molecule has 0 aliphatic carbocycles. The predicted octanol–water partition coefficient (Wildman–Crippen LogP) is 1.98.